The fourth-order valence-corrected chi connectivity index (χ4v) is 2.41. The Morgan fingerprint density at radius 1 is 1.43 bits per heavy atom. The molecule has 2 aromatic rings. The van der Waals surface area contributed by atoms with E-state index in [4.69, 9.17) is 0 Å². The highest BCUT2D eigenvalue weighted by atomic mass is 19.1. The van der Waals surface area contributed by atoms with Crippen LogP contribution in [0.15, 0.2) is 30.6 Å². The number of hydrogen-bond donors (Lipinski definition) is 2. The van der Waals surface area contributed by atoms with Crippen LogP contribution in [0.4, 0.5) is 9.18 Å². The van der Waals surface area contributed by atoms with Crippen LogP contribution in [0, 0.1) is 5.82 Å². The van der Waals surface area contributed by atoms with Crippen LogP contribution in [0.5, 0.6) is 0 Å². The average molecular weight is 289 g/mol. The van der Waals surface area contributed by atoms with E-state index in [1.54, 1.807) is 22.9 Å². The number of amides is 2. The van der Waals surface area contributed by atoms with Crippen LogP contribution in [0.25, 0.3) is 0 Å². The van der Waals surface area contributed by atoms with Crippen molar-refractivity contribution in [2.45, 2.75) is 32.0 Å². The maximum Gasteiger partial charge on any atom is 0.315 e. The van der Waals surface area contributed by atoms with E-state index in [1.165, 1.54) is 12.4 Å². The normalized spacial score (nSPS) is 17.1. The molecule has 0 bridgehead atoms. The Morgan fingerprint density at radius 2 is 2.29 bits per heavy atom. The van der Waals surface area contributed by atoms with Crippen molar-refractivity contribution in [2.75, 3.05) is 0 Å². The van der Waals surface area contributed by atoms with Crippen LogP contribution >= 0.6 is 0 Å². The fourth-order valence-electron chi connectivity index (χ4n) is 2.41. The first-order valence-corrected chi connectivity index (χ1v) is 6.87. The number of hydrogen-bond acceptors (Lipinski definition) is 3. The van der Waals surface area contributed by atoms with Gasteiger partial charge in [0.15, 0.2) is 0 Å². The molecule has 1 atom stereocenters. The summed E-state index contributed by atoms with van der Waals surface area (Å²) in [5, 5.41) is 9.65. The van der Waals surface area contributed by atoms with Gasteiger partial charge in [-0.05, 0) is 12.5 Å². The molecule has 0 radical (unpaired) electrons. The Kier molecular flexibility index (Phi) is 3.81. The largest absolute Gasteiger partial charge is 0.334 e. The molecule has 0 saturated heterocycles. The highest BCUT2D eigenvalue weighted by Crippen LogP contribution is 2.11. The number of urea groups is 1. The zero-order valence-electron chi connectivity index (χ0n) is 11.4. The lowest BCUT2D eigenvalue weighted by Crippen LogP contribution is -2.45. The summed E-state index contributed by atoms with van der Waals surface area (Å²) in [5.74, 6) is 0.627. The van der Waals surface area contributed by atoms with Gasteiger partial charge in [-0.3, -0.25) is 0 Å². The van der Waals surface area contributed by atoms with Crippen molar-refractivity contribution in [2.24, 2.45) is 0 Å². The molecule has 0 saturated carbocycles. The molecular formula is C14H16FN5O. The molecule has 2 heterocycles. The monoisotopic (exact) mass is 289 g/mol. The summed E-state index contributed by atoms with van der Waals surface area (Å²) in [6.45, 7) is 0.780. The lowest BCUT2D eigenvalue weighted by atomic mass is 10.1. The summed E-state index contributed by atoms with van der Waals surface area (Å²) in [5.41, 5.74) is 0.467. The highest BCUT2D eigenvalue weighted by molar-refractivity contribution is 5.74. The first kappa shape index (κ1) is 13.5. The van der Waals surface area contributed by atoms with Crippen LogP contribution in [0.3, 0.4) is 0 Å². The molecule has 21 heavy (non-hydrogen) atoms. The maximum atomic E-state index is 13.4. The Labute approximate surface area is 121 Å². The van der Waals surface area contributed by atoms with Crippen LogP contribution < -0.4 is 10.6 Å². The van der Waals surface area contributed by atoms with E-state index in [-0.39, 0.29) is 24.4 Å². The zero-order valence-corrected chi connectivity index (χ0v) is 11.4. The van der Waals surface area contributed by atoms with Crippen molar-refractivity contribution in [1.29, 1.82) is 0 Å². The number of halogens is 1. The summed E-state index contributed by atoms with van der Waals surface area (Å²) >= 11 is 0. The lowest BCUT2D eigenvalue weighted by molar-refractivity contribution is 0.231. The Morgan fingerprint density at radius 3 is 3.14 bits per heavy atom. The third-order valence-corrected chi connectivity index (χ3v) is 3.54. The number of aryl methyl sites for hydroxylation is 1. The summed E-state index contributed by atoms with van der Waals surface area (Å²) in [4.78, 5) is 16.0. The molecule has 0 unspecified atom stereocenters. The molecule has 3 rings (SSSR count). The predicted molar refractivity (Wildman–Crippen MR) is 73.9 cm³/mol. The smallest absolute Gasteiger partial charge is 0.315 e. The van der Waals surface area contributed by atoms with Gasteiger partial charge < -0.3 is 10.6 Å². The molecule has 1 aliphatic heterocycles. The number of nitrogens with one attached hydrogen (secondary N) is 2. The Bertz CT molecular complexity index is 642. The van der Waals surface area contributed by atoms with E-state index in [1.807, 2.05) is 0 Å². The number of benzene rings is 1. The third-order valence-electron chi connectivity index (χ3n) is 3.54. The standard InChI is InChI=1S/C14H16FN5O/c15-12-4-2-1-3-10(12)7-16-14(21)19-11-5-6-13-17-9-18-20(13)8-11/h1-4,9,11H,5-8H2,(H2,16,19,21)/t11-/m1/s1. The van der Waals surface area contributed by atoms with Gasteiger partial charge in [-0.25, -0.2) is 18.9 Å². The van der Waals surface area contributed by atoms with Gasteiger partial charge in [0, 0.05) is 18.5 Å². The van der Waals surface area contributed by atoms with E-state index in [9.17, 15) is 9.18 Å². The van der Waals surface area contributed by atoms with E-state index >= 15 is 0 Å². The zero-order chi connectivity index (χ0) is 14.7. The van der Waals surface area contributed by atoms with Crippen molar-refractivity contribution in [1.82, 2.24) is 25.4 Å². The van der Waals surface area contributed by atoms with Gasteiger partial charge in [0.2, 0.25) is 0 Å². The number of fused-ring (bicyclic) bond motifs is 1. The van der Waals surface area contributed by atoms with Gasteiger partial charge in [0.25, 0.3) is 0 Å². The molecule has 1 aromatic heterocycles. The summed E-state index contributed by atoms with van der Waals surface area (Å²) in [6, 6.07) is 6.11. The maximum absolute atomic E-state index is 13.4. The molecule has 0 spiro atoms. The van der Waals surface area contributed by atoms with E-state index < -0.39 is 0 Å². The second-order valence-corrected chi connectivity index (χ2v) is 5.01. The van der Waals surface area contributed by atoms with E-state index in [0.717, 1.165) is 18.7 Å². The molecule has 0 fully saturated rings. The van der Waals surface area contributed by atoms with E-state index in [0.29, 0.717) is 12.1 Å². The van der Waals surface area contributed by atoms with Crippen molar-refractivity contribution < 1.29 is 9.18 Å². The lowest BCUT2D eigenvalue weighted by Gasteiger charge is -2.23. The minimum absolute atomic E-state index is 0.0137. The quantitative estimate of drug-likeness (QED) is 0.892. The second kappa shape index (κ2) is 5.90. The van der Waals surface area contributed by atoms with Crippen LogP contribution in [0.2, 0.25) is 0 Å². The highest BCUT2D eigenvalue weighted by Gasteiger charge is 2.21. The molecule has 110 valence electrons. The number of rotatable bonds is 3. The van der Waals surface area contributed by atoms with Crippen LogP contribution in [-0.2, 0) is 19.5 Å². The van der Waals surface area contributed by atoms with Crippen LogP contribution in [-0.4, -0.2) is 26.8 Å². The minimum atomic E-state index is -0.317. The Balaban J connectivity index is 1.50. The number of carbonyl (C=O) groups is 1. The van der Waals surface area contributed by atoms with Gasteiger partial charge in [0.05, 0.1) is 12.6 Å². The summed E-state index contributed by atoms with van der Waals surface area (Å²) in [7, 11) is 0. The van der Waals surface area contributed by atoms with Gasteiger partial charge in [-0.2, -0.15) is 5.10 Å². The minimum Gasteiger partial charge on any atom is -0.334 e. The first-order valence-electron chi connectivity index (χ1n) is 6.87. The number of nitrogens with zero attached hydrogens (tertiary/aromatic N) is 3. The molecular weight excluding hydrogens is 273 g/mol. The second-order valence-electron chi connectivity index (χ2n) is 5.01. The van der Waals surface area contributed by atoms with Gasteiger partial charge >= 0.3 is 6.03 Å². The molecule has 1 aliphatic rings. The molecule has 2 amide bonds. The predicted octanol–water partition coefficient (Wildman–Crippen LogP) is 1.23. The van der Waals surface area contributed by atoms with Crippen LogP contribution in [0.1, 0.15) is 17.8 Å². The third kappa shape index (κ3) is 3.18. The molecule has 7 heteroatoms. The average Bonchev–Trinajstić information content (AvgIpc) is 2.94. The van der Waals surface area contributed by atoms with Gasteiger partial charge in [-0.15, -0.1) is 0 Å². The van der Waals surface area contributed by atoms with Crippen molar-refractivity contribution in [3.63, 3.8) is 0 Å². The van der Waals surface area contributed by atoms with Crippen molar-refractivity contribution in [3.05, 3.63) is 47.8 Å². The molecule has 6 nitrogen and oxygen atoms in total. The summed E-state index contributed by atoms with van der Waals surface area (Å²) in [6.07, 6.45) is 3.14. The molecule has 2 N–H and O–H groups in total. The fraction of sp³-hybridized carbons (Fsp3) is 0.357. The molecule has 0 aliphatic carbocycles. The van der Waals surface area contributed by atoms with Crippen molar-refractivity contribution in [3.8, 4) is 0 Å². The molecule has 1 aromatic carbocycles. The van der Waals surface area contributed by atoms with Gasteiger partial charge in [0.1, 0.15) is 18.0 Å². The Hall–Kier alpha value is -2.44. The number of aromatic nitrogens is 3. The van der Waals surface area contributed by atoms with E-state index in [2.05, 4.69) is 20.7 Å². The SMILES string of the molecule is O=C(NCc1ccccc1F)N[C@@H]1CCc2ncnn2C1. The number of carbonyl (C=O) groups excluding carboxylic acids is 1. The van der Waals surface area contributed by atoms with Crippen molar-refractivity contribution >= 4 is 6.03 Å². The topological polar surface area (TPSA) is 71.8 Å². The summed E-state index contributed by atoms with van der Waals surface area (Å²) < 4.78 is 15.2. The first-order chi connectivity index (χ1) is 10.2. The van der Waals surface area contributed by atoms with Gasteiger partial charge in [-0.1, -0.05) is 18.2 Å².